The van der Waals surface area contributed by atoms with Crippen LogP contribution in [0.1, 0.15) is 27.7 Å². The van der Waals surface area contributed by atoms with Crippen molar-refractivity contribution in [1.29, 1.82) is 0 Å². The van der Waals surface area contributed by atoms with Gasteiger partial charge in [-0.1, -0.05) is 24.3 Å². The number of carbonyl (C=O) groups is 2. The van der Waals surface area contributed by atoms with E-state index >= 15 is 0 Å². The Morgan fingerprint density at radius 1 is 0.710 bits per heavy atom. The van der Waals surface area contributed by atoms with Crippen molar-refractivity contribution in [2.24, 2.45) is 0 Å². The lowest BCUT2D eigenvalue weighted by molar-refractivity contribution is 0.193. The number of hydrogen-bond donors (Lipinski definition) is 2. The largest absolute Gasteiger partial charge is 0.487 e. The summed E-state index contributed by atoms with van der Waals surface area (Å²) in [5, 5.41) is 5.20. The number of ether oxygens (including phenoxy) is 4. The van der Waals surface area contributed by atoms with E-state index in [1.807, 2.05) is 27.7 Å². The van der Waals surface area contributed by atoms with Crippen LogP contribution in [0.3, 0.4) is 0 Å². The molecule has 9 heteroatoms. The molecule has 8 nitrogen and oxygen atoms in total. The third-order valence-electron chi connectivity index (χ3n) is 3.47. The number of amides is 2. The predicted octanol–water partition coefficient (Wildman–Crippen LogP) is 4.79. The van der Waals surface area contributed by atoms with Gasteiger partial charge >= 0.3 is 12.2 Å². The van der Waals surface area contributed by atoms with E-state index in [4.69, 9.17) is 18.9 Å². The SMILES string of the molecule is CC(C)Oc1ccccc1OC(=O)NCSCNC(=O)Oc1ccccc1OC(C)C. The van der Waals surface area contributed by atoms with Crippen LogP contribution < -0.4 is 29.6 Å². The van der Waals surface area contributed by atoms with Crippen LogP contribution in [0.25, 0.3) is 0 Å². The Balaban J connectivity index is 1.69. The first-order valence-corrected chi connectivity index (χ1v) is 11.0. The van der Waals surface area contributed by atoms with Crippen molar-refractivity contribution in [2.45, 2.75) is 39.9 Å². The first-order valence-electron chi connectivity index (χ1n) is 9.85. The van der Waals surface area contributed by atoms with Gasteiger partial charge in [-0.25, -0.2) is 9.59 Å². The number of hydrogen-bond acceptors (Lipinski definition) is 7. The maximum absolute atomic E-state index is 12.0. The van der Waals surface area contributed by atoms with Crippen LogP contribution in [-0.4, -0.2) is 36.1 Å². The molecule has 2 N–H and O–H groups in total. The van der Waals surface area contributed by atoms with E-state index in [2.05, 4.69) is 10.6 Å². The van der Waals surface area contributed by atoms with Crippen molar-refractivity contribution >= 4 is 23.9 Å². The molecule has 168 valence electrons. The topological polar surface area (TPSA) is 95.1 Å². The minimum Gasteiger partial charge on any atom is -0.487 e. The maximum atomic E-state index is 12.0. The monoisotopic (exact) mass is 448 g/mol. The molecule has 0 aliphatic rings. The highest BCUT2D eigenvalue weighted by Gasteiger charge is 2.12. The number of rotatable bonds is 10. The average molecular weight is 449 g/mol. The summed E-state index contributed by atoms with van der Waals surface area (Å²) >= 11 is 1.27. The van der Waals surface area contributed by atoms with Crippen molar-refractivity contribution in [3.8, 4) is 23.0 Å². The van der Waals surface area contributed by atoms with E-state index in [0.29, 0.717) is 23.0 Å². The molecule has 0 bridgehead atoms. The van der Waals surface area contributed by atoms with Gasteiger partial charge in [0.1, 0.15) is 0 Å². The molecule has 0 fully saturated rings. The fraction of sp³-hybridized carbons (Fsp3) is 0.364. The Kier molecular flexibility index (Phi) is 9.83. The molecule has 0 saturated heterocycles. The van der Waals surface area contributed by atoms with E-state index in [0.717, 1.165) is 0 Å². The number of benzene rings is 2. The summed E-state index contributed by atoms with van der Waals surface area (Å²) in [5.74, 6) is 2.13. The van der Waals surface area contributed by atoms with E-state index in [9.17, 15) is 9.59 Å². The van der Waals surface area contributed by atoms with E-state index in [1.165, 1.54) is 11.8 Å². The predicted molar refractivity (Wildman–Crippen MR) is 120 cm³/mol. The molecular weight excluding hydrogens is 420 g/mol. The molecule has 0 heterocycles. The number of carbonyl (C=O) groups excluding carboxylic acids is 2. The van der Waals surface area contributed by atoms with E-state index in [1.54, 1.807) is 48.5 Å². The molecule has 0 spiro atoms. The molecule has 0 aromatic heterocycles. The molecular formula is C22H28N2O6S. The zero-order valence-corrected chi connectivity index (χ0v) is 18.9. The molecule has 0 aliphatic carbocycles. The highest BCUT2D eigenvalue weighted by atomic mass is 32.2. The number of thioether (sulfide) groups is 1. The molecule has 0 radical (unpaired) electrons. The standard InChI is InChI=1S/C22H28N2O6S/c1-15(2)27-17-9-5-7-11-19(17)29-21(25)23-13-31-14-24-22(26)30-20-12-8-6-10-18(20)28-16(3)4/h5-12,15-16H,13-14H2,1-4H3,(H,23,25)(H,24,26). The van der Waals surface area contributed by atoms with E-state index < -0.39 is 12.2 Å². The fourth-order valence-corrected chi connectivity index (χ4v) is 2.86. The van der Waals surface area contributed by atoms with Crippen LogP contribution in [0, 0.1) is 0 Å². The molecule has 0 unspecified atom stereocenters. The highest BCUT2D eigenvalue weighted by molar-refractivity contribution is 7.99. The van der Waals surface area contributed by atoms with E-state index in [-0.39, 0.29) is 24.0 Å². The van der Waals surface area contributed by atoms with Crippen LogP contribution in [0.15, 0.2) is 48.5 Å². The van der Waals surface area contributed by atoms with Gasteiger partial charge in [0.25, 0.3) is 0 Å². The molecule has 31 heavy (non-hydrogen) atoms. The summed E-state index contributed by atoms with van der Waals surface area (Å²) in [7, 11) is 0. The van der Waals surface area contributed by atoms with Gasteiger partial charge in [0.15, 0.2) is 23.0 Å². The fourth-order valence-electron chi connectivity index (χ4n) is 2.31. The van der Waals surface area contributed by atoms with Crippen molar-refractivity contribution in [3.63, 3.8) is 0 Å². The van der Waals surface area contributed by atoms with Crippen LogP contribution >= 0.6 is 11.8 Å². The molecule has 2 aromatic rings. The third-order valence-corrected chi connectivity index (χ3v) is 4.16. The van der Waals surface area contributed by atoms with Gasteiger partial charge in [-0.15, -0.1) is 11.8 Å². The quantitative estimate of drug-likeness (QED) is 0.399. The first-order chi connectivity index (χ1) is 14.8. The van der Waals surface area contributed by atoms with Crippen LogP contribution in [-0.2, 0) is 0 Å². The second-order valence-electron chi connectivity index (χ2n) is 6.85. The molecule has 2 rings (SSSR count). The smallest absolute Gasteiger partial charge is 0.413 e. The molecule has 2 aromatic carbocycles. The van der Waals surface area contributed by atoms with Gasteiger partial charge in [0, 0.05) is 0 Å². The first kappa shape index (κ1) is 24.2. The Morgan fingerprint density at radius 3 is 1.42 bits per heavy atom. The van der Waals surface area contributed by atoms with Gasteiger partial charge < -0.3 is 29.6 Å². The molecule has 0 atom stereocenters. The van der Waals surface area contributed by atoms with Crippen LogP contribution in [0.2, 0.25) is 0 Å². The Labute approximate surface area is 186 Å². The molecule has 0 aliphatic heterocycles. The van der Waals surface area contributed by atoms with Crippen molar-refractivity contribution in [3.05, 3.63) is 48.5 Å². The van der Waals surface area contributed by atoms with Gasteiger partial charge in [-0.2, -0.15) is 0 Å². The Morgan fingerprint density at radius 2 is 1.06 bits per heavy atom. The highest BCUT2D eigenvalue weighted by Crippen LogP contribution is 2.28. The van der Waals surface area contributed by atoms with Gasteiger partial charge in [0.2, 0.25) is 0 Å². The second kappa shape index (κ2) is 12.6. The summed E-state index contributed by atoms with van der Waals surface area (Å²) in [6, 6.07) is 13.9. The lowest BCUT2D eigenvalue weighted by atomic mass is 10.3. The number of para-hydroxylation sites is 4. The van der Waals surface area contributed by atoms with Gasteiger partial charge in [-0.3, -0.25) is 0 Å². The normalized spacial score (nSPS) is 10.5. The minimum atomic E-state index is -0.616. The summed E-state index contributed by atoms with van der Waals surface area (Å²) < 4.78 is 21.8. The zero-order valence-electron chi connectivity index (χ0n) is 18.0. The van der Waals surface area contributed by atoms with Crippen molar-refractivity contribution in [1.82, 2.24) is 10.6 Å². The maximum Gasteiger partial charge on any atom is 0.413 e. The summed E-state index contributed by atoms with van der Waals surface area (Å²) in [6.07, 6.45) is -1.32. The summed E-state index contributed by atoms with van der Waals surface area (Å²) in [6.45, 7) is 7.56. The lowest BCUT2D eigenvalue weighted by Crippen LogP contribution is -2.30. The van der Waals surface area contributed by atoms with Crippen molar-refractivity contribution < 1.29 is 28.5 Å². The molecule has 0 saturated carbocycles. The zero-order chi connectivity index (χ0) is 22.6. The van der Waals surface area contributed by atoms with Crippen LogP contribution in [0.5, 0.6) is 23.0 Å². The summed E-state index contributed by atoms with van der Waals surface area (Å²) in [5.41, 5.74) is 0. The number of nitrogens with one attached hydrogen (secondary N) is 2. The lowest BCUT2D eigenvalue weighted by Gasteiger charge is -2.14. The van der Waals surface area contributed by atoms with Gasteiger partial charge in [-0.05, 0) is 52.0 Å². The molecule has 2 amide bonds. The van der Waals surface area contributed by atoms with Crippen molar-refractivity contribution in [2.75, 3.05) is 11.8 Å². The Bertz CT molecular complexity index is 790. The average Bonchev–Trinajstić information content (AvgIpc) is 2.70. The Hall–Kier alpha value is -3.07. The minimum absolute atomic E-state index is 0.0434. The summed E-state index contributed by atoms with van der Waals surface area (Å²) in [4.78, 5) is 24.0. The van der Waals surface area contributed by atoms with Gasteiger partial charge in [0.05, 0.1) is 24.0 Å². The second-order valence-corrected chi connectivity index (χ2v) is 7.84. The van der Waals surface area contributed by atoms with Crippen LogP contribution in [0.4, 0.5) is 9.59 Å². The third kappa shape index (κ3) is 9.08.